The van der Waals surface area contributed by atoms with Gasteiger partial charge in [-0.15, -0.1) is 0 Å². The van der Waals surface area contributed by atoms with Crippen molar-refractivity contribution in [2.24, 2.45) is 5.92 Å². The van der Waals surface area contributed by atoms with Gasteiger partial charge in [0.1, 0.15) is 11.9 Å². The normalized spacial score (nSPS) is 28.3. The minimum absolute atomic E-state index is 0.130. The summed E-state index contributed by atoms with van der Waals surface area (Å²) in [5.74, 6) is 7.62. The van der Waals surface area contributed by atoms with Gasteiger partial charge in [-0.05, 0) is 69.8 Å². The highest BCUT2D eigenvalue weighted by Crippen LogP contribution is 2.65. The van der Waals surface area contributed by atoms with E-state index in [1.807, 2.05) is 38.2 Å². The second kappa shape index (κ2) is 9.06. The van der Waals surface area contributed by atoms with Gasteiger partial charge in [0, 0.05) is 54.1 Å². The molecule has 1 saturated carbocycles. The molecule has 2 heterocycles. The molecule has 2 bridgehead atoms. The van der Waals surface area contributed by atoms with E-state index in [1.54, 1.807) is 18.1 Å². The number of methoxy groups -OCH3 is 1. The molecule has 7 heteroatoms. The molecule has 2 fully saturated rings. The van der Waals surface area contributed by atoms with E-state index in [0.717, 1.165) is 60.2 Å². The highest BCUT2D eigenvalue weighted by atomic mass is 16.5. The molecule has 2 aromatic rings. The van der Waals surface area contributed by atoms with Crippen LogP contribution in [0.1, 0.15) is 48.4 Å². The van der Waals surface area contributed by atoms with Crippen LogP contribution in [0.15, 0.2) is 30.3 Å². The van der Waals surface area contributed by atoms with Crippen LogP contribution in [0.25, 0.3) is 0 Å². The van der Waals surface area contributed by atoms with Crippen LogP contribution in [0.5, 0.6) is 17.2 Å². The van der Waals surface area contributed by atoms with Gasteiger partial charge in [-0.25, -0.2) is 0 Å². The highest BCUT2D eigenvalue weighted by molar-refractivity contribution is 5.94. The monoisotopic (exact) mass is 514 g/mol. The number of ether oxygens (including phenoxy) is 3. The lowest BCUT2D eigenvalue weighted by atomic mass is 9.51. The van der Waals surface area contributed by atoms with E-state index in [2.05, 4.69) is 23.8 Å². The minimum atomic E-state index is -0.351. The van der Waals surface area contributed by atoms with E-state index < -0.39 is 0 Å². The molecule has 0 aromatic heterocycles. The second-order valence-electron chi connectivity index (χ2n) is 11.2. The van der Waals surface area contributed by atoms with Crippen LogP contribution in [0.4, 0.5) is 0 Å². The summed E-state index contributed by atoms with van der Waals surface area (Å²) in [7, 11) is 5.65. The Morgan fingerprint density at radius 2 is 2.03 bits per heavy atom. The average Bonchev–Trinajstić information content (AvgIpc) is 3.24. The predicted octanol–water partition coefficient (Wildman–Crippen LogP) is 3.48. The smallest absolute Gasteiger partial charge is 0.308 e. The molecule has 1 saturated heterocycles. The van der Waals surface area contributed by atoms with Gasteiger partial charge < -0.3 is 24.0 Å². The fourth-order valence-electron chi connectivity index (χ4n) is 7.63. The van der Waals surface area contributed by atoms with Gasteiger partial charge in [0.15, 0.2) is 11.5 Å². The Kier molecular flexibility index (Phi) is 5.92. The van der Waals surface area contributed by atoms with E-state index in [4.69, 9.17) is 14.2 Å². The molecule has 7 nitrogen and oxygen atoms in total. The summed E-state index contributed by atoms with van der Waals surface area (Å²) in [6.07, 6.45) is 3.33. The Labute approximate surface area is 224 Å². The third-order valence-electron chi connectivity index (χ3n) is 9.26. The number of carbonyl (C=O) groups excluding carboxylic acids is 2. The maximum absolute atomic E-state index is 13.4. The van der Waals surface area contributed by atoms with Gasteiger partial charge in [-0.1, -0.05) is 18.1 Å². The van der Waals surface area contributed by atoms with Crippen molar-refractivity contribution >= 4 is 11.9 Å². The van der Waals surface area contributed by atoms with Crippen molar-refractivity contribution < 1.29 is 23.8 Å². The van der Waals surface area contributed by atoms with Crippen molar-refractivity contribution in [1.82, 2.24) is 9.80 Å². The molecule has 2 aliphatic carbocycles. The molecule has 6 rings (SSSR count). The molecule has 1 amide bonds. The maximum atomic E-state index is 13.4. The number of hydrogen-bond acceptors (Lipinski definition) is 6. The Hall–Kier alpha value is -3.50. The van der Waals surface area contributed by atoms with Crippen LogP contribution in [-0.2, 0) is 21.4 Å². The molecule has 5 atom stereocenters. The van der Waals surface area contributed by atoms with Gasteiger partial charge in [0.25, 0.3) is 5.91 Å². The molecule has 38 heavy (non-hydrogen) atoms. The number of amides is 1. The van der Waals surface area contributed by atoms with Crippen molar-refractivity contribution in [1.29, 1.82) is 0 Å². The summed E-state index contributed by atoms with van der Waals surface area (Å²) in [5.41, 5.74) is 3.84. The number of rotatable bonds is 3. The van der Waals surface area contributed by atoms with Crippen molar-refractivity contribution in [3.8, 4) is 29.1 Å². The Morgan fingerprint density at radius 1 is 1.21 bits per heavy atom. The van der Waals surface area contributed by atoms with E-state index in [-0.39, 0.29) is 29.4 Å². The average molecular weight is 515 g/mol. The summed E-state index contributed by atoms with van der Waals surface area (Å²) in [4.78, 5) is 29.6. The number of aryl methyl sites for hydroxylation is 1. The third kappa shape index (κ3) is 3.61. The molecule has 1 spiro atoms. The number of nitrogens with zero attached hydrogens (tertiary/aromatic N) is 2. The van der Waals surface area contributed by atoms with E-state index in [1.165, 1.54) is 6.92 Å². The third-order valence-corrected chi connectivity index (χ3v) is 9.26. The van der Waals surface area contributed by atoms with E-state index in [9.17, 15) is 9.59 Å². The molecule has 0 unspecified atom stereocenters. The zero-order chi connectivity index (χ0) is 26.8. The quantitative estimate of drug-likeness (QED) is 0.355. The molecule has 0 radical (unpaired) electrons. The molecule has 198 valence electrons. The zero-order valence-electron chi connectivity index (χ0n) is 22.7. The summed E-state index contributed by atoms with van der Waals surface area (Å²) < 4.78 is 18.3. The Balaban J connectivity index is 1.42. The van der Waals surface area contributed by atoms with Gasteiger partial charge in [-0.3, -0.25) is 9.59 Å². The van der Waals surface area contributed by atoms with Crippen LogP contribution in [0.2, 0.25) is 0 Å². The molecular formula is C31H34N2O5. The molecule has 0 N–H and O–H groups in total. The number of likely N-dealkylation sites (tertiary alicyclic amines) is 1. The van der Waals surface area contributed by atoms with Crippen molar-refractivity contribution in [3.63, 3.8) is 0 Å². The van der Waals surface area contributed by atoms with Gasteiger partial charge in [0.05, 0.1) is 13.2 Å². The lowest BCUT2D eigenvalue weighted by Gasteiger charge is -2.59. The van der Waals surface area contributed by atoms with Gasteiger partial charge in [0.2, 0.25) is 0 Å². The fraction of sp³-hybridized carbons (Fsp3) is 0.484. The lowest BCUT2D eigenvalue weighted by Crippen LogP contribution is -2.68. The number of likely N-dealkylation sites (N-methyl/N-ethyl adjacent to an activating group) is 2. The Bertz CT molecular complexity index is 1390. The van der Waals surface area contributed by atoms with Crippen LogP contribution < -0.4 is 14.2 Å². The van der Waals surface area contributed by atoms with Crippen molar-refractivity contribution in [2.45, 2.75) is 63.1 Å². The zero-order valence-corrected chi connectivity index (χ0v) is 22.7. The topological polar surface area (TPSA) is 68.3 Å². The van der Waals surface area contributed by atoms with Crippen molar-refractivity contribution in [2.75, 3.05) is 27.7 Å². The first-order chi connectivity index (χ1) is 18.2. The number of hydrogen-bond donors (Lipinski definition) is 0. The fourth-order valence-corrected chi connectivity index (χ4v) is 7.63. The molecule has 4 aliphatic rings. The predicted molar refractivity (Wildman–Crippen MR) is 142 cm³/mol. The standard InChI is InChI=1S/C31H34N2O5/c1-18-7-6-8-20(15-18)9-12-27(35)33(4)23-11-10-22-24-16-21-25(37-19(2)34)17-26(36-5)29-28(21)31(22,30(23)38-29)13-14-32(24)3/h6-8,15,17,22-24,30H,10-11,13-14,16H2,1-5H3/t22-,23-,24+,30-,31-/m0/s1. The Morgan fingerprint density at radius 3 is 2.76 bits per heavy atom. The highest BCUT2D eigenvalue weighted by Gasteiger charge is 2.66. The summed E-state index contributed by atoms with van der Waals surface area (Å²) in [5, 5.41) is 0. The van der Waals surface area contributed by atoms with E-state index >= 15 is 0 Å². The number of esters is 1. The number of carbonyl (C=O) groups is 2. The summed E-state index contributed by atoms with van der Waals surface area (Å²) in [6, 6.07) is 9.84. The lowest BCUT2D eigenvalue weighted by molar-refractivity contribution is -0.134. The summed E-state index contributed by atoms with van der Waals surface area (Å²) >= 11 is 0. The van der Waals surface area contributed by atoms with Crippen LogP contribution >= 0.6 is 0 Å². The summed E-state index contributed by atoms with van der Waals surface area (Å²) in [6.45, 7) is 4.38. The SMILES string of the molecule is COc1cc(OC(C)=O)c2c3c1O[C@H]1[C@@H](N(C)C(=O)C#Cc4cccc(C)c4)CC[C@H]4[C@@H](C2)N(C)CC[C@@]341. The first-order valence-corrected chi connectivity index (χ1v) is 13.4. The van der Waals surface area contributed by atoms with E-state index in [0.29, 0.717) is 23.5 Å². The van der Waals surface area contributed by atoms with Crippen LogP contribution in [0, 0.1) is 24.7 Å². The number of benzene rings is 2. The first-order valence-electron chi connectivity index (χ1n) is 13.4. The number of piperidine rings is 1. The van der Waals surface area contributed by atoms with Gasteiger partial charge >= 0.3 is 5.97 Å². The van der Waals surface area contributed by atoms with Crippen LogP contribution in [0.3, 0.4) is 0 Å². The first kappa shape index (κ1) is 24.8. The second-order valence-corrected chi connectivity index (χ2v) is 11.2. The maximum Gasteiger partial charge on any atom is 0.308 e. The van der Waals surface area contributed by atoms with Crippen molar-refractivity contribution in [3.05, 3.63) is 52.6 Å². The largest absolute Gasteiger partial charge is 0.493 e. The molecule has 2 aliphatic heterocycles. The molecule has 2 aromatic carbocycles. The van der Waals surface area contributed by atoms with Gasteiger partial charge in [-0.2, -0.15) is 0 Å². The minimum Gasteiger partial charge on any atom is -0.493 e. The van der Waals surface area contributed by atoms with Crippen LogP contribution in [-0.4, -0.2) is 67.6 Å². The molecular weight excluding hydrogens is 480 g/mol.